The lowest BCUT2D eigenvalue weighted by molar-refractivity contribution is -0.385. The Morgan fingerprint density at radius 1 is 1.42 bits per heavy atom. The van der Waals surface area contributed by atoms with Crippen molar-refractivity contribution in [2.75, 3.05) is 0 Å². The molecule has 6 nitrogen and oxygen atoms in total. The predicted molar refractivity (Wildman–Crippen MR) is 67.7 cm³/mol. The summed E-state index contributed by atoms with van der Waals surface area (Å²) in [5.41, 5.74) is 0.841. The van der Waals surface area contributed by atoms with E-state index in [0.29, 0.717) is 16.9 Å². The zero-order chi connectivity index (χ0) is 13.8. The highest BCUT2D eigenvalue weighted by atomic mass is 16.6. The Morgan fingerprint density at radius 3 is 2.79 bits per heavy atom. The molecule has 0 unspecified atom stereocenters. The minimum Gasteiger partial charge on any atom is -0.467 e. The number of furan rings is 1. The number of aryl methyl sites for hydroxylation is 1. The highest BCUT2D eigenvalue weighted by Gasteiger charge is 2.13. The molecule has 98 valence electrons. The van der Waals surface area contributed by atoms with E-state index < -0.39 is 4.92 Å². The van der Waals surface area contributed by atoms with Crippen LogP contribution < -0.4 is 5.32 Å². The van der Waals surface area contributed by atoms with Crippen LogP contribution in [0.5, 0.6) is 0 Å². The molecule has 6 heteroatoms. The van der Waals surface area contributed by atoms with Gasteiger partial charge in [0.05, 0.1) is 17.7 Å². The van der Waals surface area contributed by atoms with Gasteiger partial charge < -0.3 is 9.73 Å². The lowest BCUT2D eigenvalue weighted by Gasteiger charge is -2.04. The van der Waals surface area contributed by atoms with Crippen molar-refractivity contribution in [1.82, 2.24) is 5.32 Å². The first-order valence-electron chi connectivity index (χ1n) is 5.63. The van der Waals surface area contributed by atoms with Gasteiger partial charge in [-0.25, -0.2) is 0 Å². The average molecular weight is 260 g/mol. The van der Waals surface area contributed by atoms with Gasteiger partial charge in [-0.3, -0.25) is 14.9 Å². The molecule has 1 aromatic carbocycles. The van der Waals surface area contributed by atoms with Gasteiger partial charge in [0.15, 0.2) is 0 Å². The van der Waals surface area contributed by atoms with Gasteiger partial charge in [0.2, 0.25) is 0 Å². The van der Waals surface area contributed by atoms with Crippen molar-refractivity contribution < 1.29 is 14.1 Å². The minimum absolute atomic E-state index is 0.00239. The second-order valence-corrected chi connectivity index (χ2v) is 4.02. The van der Waals surface area contributed by atoms with E-state index in [1.807, 2.05) is 0 Å². The molecule has 0 bridgehead atoms. The summed E-state index contributed by atoms with van der Waals surface area (Å²) in [7, 11) is 0. The summed E-state index contributed by atoms with van der Waals surface area (Å²) >= 11 is 0. The van der Waals surface area contributed by atoms with Crippen molar-refractivity contribution in [3.05, 3.63) is 63.6 Å². The SMILES string of the molecule is Cc1cc(C(=O)NCc2ccco2)ccc1[N+](=O)[O-]. The third kappa shape index (κ3) is 2.98. The number of nitro benzene ring substituents is 1. The van der Waals surface area contributed by atoms with Crippen molar-refractivity contribution in [3.63, 3.8) is 0 Å². The third-order valence-corrected chi connectivity index (χ3v) is 2.66. The number of carbonyl (C=O) groups excluding carboxylic acids is 1. The maximum absolute atomic E-state index is 11.9. The quantitative estimate of drug-likeness (QED) is 0.675. The molecular weight excluding hydrogens is 248 g/mol. The van der Waals surface area contributed by atoms with Crippen LogP contribution in [0.25, 0.3) is 0 Å². The number of nitrogens with zero attached hydrogens (tertiary/aromatic N) is 1. The third-order valence-electron chi connectivity index (χ3n) is 2.66. The molecule has 0 atom stereocenters. The van der Waals surface area contributed by atoms with Crippen LogP contribution >= 0.6 is 0 Å². The molecule has 0 spiro atoms. The molecule has 1 amide bonds. The number of carbonyl (C=O) groups is 1. The van der Waals surface area contributed by atoms with Crippen LogP contribution in [0.15, 0.2) is 41.0 Å². The Labute approximate surface area is 109 Å². The molecular formula is C13H12N2O4. The summed E-state index contributed by atoms with van der Waals surface area (Å²) in [6.45, 7) is 1.88. The maximum atomic E-state index is 11.9. The molecule has 0 aliphatic carbocycles. The first-order chi connectivity index (χ1) is 9.08. The first-order valence-corrected chi connectivity index (χ1v) is 5.63. The summed E-state index contributed by atoms with van der Waals surface area (Å²) in [5, 5.41) is 13.4. The molecule has 1 heterocycles. The number of benzene rings is 1. The van der Waals surface area contributed by atoms with Crippen LogP contribution in [0, 0.1) is 17.0 Å². The zero-order valence-electron chi connectivity index (χ0n) is 10.3. The molecule has 0 aliphatic rings. The van der Waals surface area contributed by atoms with Gasteiger partial charge in [0.1, 0.15) is 5.76 Å². The van der Waals surface area contributed by atoms with Gasteiger partial charge in [0.25, 0.3) is 11.6 Å². The number of rotatable bonds is 4. The minimum atomic E-state index is -0.472. The van der Waals surface area contributed by atoms with Crippen molar-refractivity contribution in [3.8, 4) is 0 Å². The Kier molecular flexibility index (Phi) is 3.61. The molecule has 1 N–H and O–H groups in total. The molecule has 2 rings (SSSR count). The van der Waals surface area contributed by atoms with Crippen molar-refractivity contribution in [2.24, 2.45) is 0 Å². The molecule has 19 heavy (non-hydrogen) atoms. The van der Waals surface area contributed by atoms with Crippen LogP contribution in [0.3, 0.4) is 0 Å². The van der Waals surface area contributed by atoms with Crippen LogP contribution in [-0.2, 0) is 6.54 Å². The molecule has 2 aromatic rings. The van der Waals surface area contributed by atoms with E-state index in [1.54, 1.807) is 19.1 Å². The van der Waals surface area contributed by atoms with Crippen molar-refractivity contribution in [1.29, 1.82) is 0 Å². The van der Waals surface area contributed by atoms with Crippen LogP contribution in [0.1, 0.15) is 21.7 Å². The van der Waals surface area contributed by atoms with Crippen LogP contribution in [-0.4, -0.2) is 10.8 Å². The van der Waals surface area contributed by atoms with Crippen molar-refractivity contribution >= 4 is 11.6 Å². The fourth-order valence-electron chi connectivity index (χ4n) is 1.68. The lowest BCUT2D eigenvalue weighted by atomic mass is 10.1. The Bertz CT molecular complexity index is 605. The van der Waals surface area contributed by atoms with Gasteiger partial charge in [-0.1, -0.05) is 0 Å². The molecule has 0 radical (unpaired) electrons. The van der Waals surface area contributed by atoms with E-state index in [9.17, 15) is 14.9 Å². The molecule has 0 aliphatic heterocycles. The second-order valence-electron chi connectivity index (χ2n) is 4.02. The number of amides is 1. The van der Waals surface area contributed by atoms with E-state index in [0.717, 1.165) is 0 Å². The normalized spacial score (nSPS) is 10.2. The number of hydrogen-bond donors (Lipinski definition) is 1. The number of nitrogens with one attached hydrogen (secondary N) is 1. The van der Waals surface area contributed by atoms with E-state index in [1.165, 1.54) is 24.5 Å². The maximum Gasteiger partial charge on any atom is 0.272 e. The summed E-state index contributed by atoms with van der Waals surface area (Å²) in [5.74, 6) is 0.349. The fourth-order valence-corrected chi connectivity index (χ4v) is 1.68. The number of hydrogen-bond acceptors (Lipinski definition) is 4. The Balaban J connectivity index is 2.07. The first kappa shape index (κ1) is 12.8. The smallest absolute Gasteiger partial charge is 0.272 e. The van der Waals surface area contributed by atoms with Gasteiger partial charge in [-0.05, 0) is 31.2 Å². The largest absolute Gasteiger partial charge is 0.467 e. The summed E-state index contributed by atoms with van der Waals surface area (Å²) in [6.07, 6.45) is 1.53. The standard InChI is InChI=1S/C13H12N2O4/c1-9-7-10(4-5-12(9)15(17)18)13(16)14-8-11-3-2-6-19-11/h2-7H,8H2,1H3,(H,14,16). The Hall–Kier alpha value is -2.63. The highest BCUT2D eigenvalue weighted by molar-refractivity contribution is 5.94. The fraction of sp³-hybridized carbons (Fsp3) is 0.154. The highest BCUT2D eigenvalue weighted by Crippen LogP contribution is 2.18. The van der Waals surface area contributed by atoms with E-state index >= 15 is 0 Å². The average Bonchev–Trinajstić information content (AvgIpc) is 2.88. The van der Waals surface area contributed by atoms with Crippen molar-refractivity contribution in [2.45, 2.75) is 13.5 Å². The zero-order valence-corrected chi connectivity index (χ0v) is 10.3. The van der Waals surface area contributed by atoms with Gasteiger partial charge >= 0.3 is 0 Å². The van der Waals surface area contributed by atoms with Crippen LogP contribution in [0.4, 0.5) is 5.69 Å². The molecule has 1 aromatic heterocycles. The summed E-state index contributed by atoms with van der Waals surface area (Å²) in [4.78, 5) is 22.1. The summed E-state index contributed by atoms with van der Waals surface area (Å²) < 4.78 is 5.09. The van der Waals surface area contributed by atoms with E-state index in [4.69, 9.17) is 4.42 Å². The monoisotopic (exact) mass is 260 g/mol. The van der Waals surface area contributed by atoms with Crippen LogP contribution in [0.2, 0.25) is 0 Å². The van der Waals surface area contributed by atoms with E-state index in [2.05, 4.69) is 5.32 Å². The van der Waals surface area contributed by atoms with Gasteiger partial charge in [-0.2, -0.15) is 0 Å². The topological polar surface area (TPSA) is 85.4 Å². The van der Waals surface area contributed by atoms with Gasteiger partial charge in [0, 0.05) is 17.2 Å². The second kappa shape index (κ2) is 5.34. The Morgan fingerprint density at radius 2 is 2.21 bits per heavy atom. The molecule has 0 saturated heterocycles. The predicted octanol–water partition coefficient (Wildman–Crippen LogP) is 2.43. The van der Waals surface area contributed by atoms with Gasteiger partial charge in [-0.15, -0.1) is 0 Å². The summed E-state index contributed by atoms with van der Waals surface area (Å²) in [6, 6.07) is 7.74. The number of nitro groups is 1. The lowest BCUT2D eigenvalue weighted by Crippen LogP contribution is -2.22. The van der Waals surface area contributed by atoms with E-state index in [-0.39, 0.29) is 18.1 Å². The molecule has 0 saturated carbocycles. The molecule has 0 fully saturated rings.